The normalized spacial score (nSPS) is 18.8. The lowest BCUT2D eigenvalue weighted by molar-refractivity contribution is -0.167. The number of anilines is 1. The summed E-state index contributed by atoms with van der Waals surface area (Å²) in [7, 11) is 0. The Morgan fingerprint density at radius 2 is 1.41 bits per heavy atom. The number of hydrogen-bond donors (Lipinski definition) is 1. The Morgan fingerprint density at radius 3 is 1.93 bits per heavy atom. The van der Waals surface area contributed by atoms with Gasteiger partial charge in [0.1, 0.15) is 5.60 Å². The number of benzene rings is 3. The van der Waals surface area contributed by atoms with Crippen LogP contribution in [-0.4, -0.2) is 74.8 Å². The molecule has 0 aromatic heterocycles. The number of amides is 5. The van der Waals surface area contributed by atoms with Gasteiger partial charge >= 0.3 is 18.1 Å². The number of aliphatic imine (C=N–C) groups is 1. The minimum Gasteiger partial charge on any atom is -0.479 e. The summed E-state index contributed by atoms with van der Waals surface area (Å²) in [4.78, 5) is 72.6. The van der Waals surface area contributed by atoms with Crippen molar-refractivity contribution in [3.05, 3.63) is 96.1 Å². The molecule has 0 bridgehead atoms. The van der Waals surface area contributed by atoms with Crippen LogP contribution in [0.1, 0.15) is 44.7 Å². The van der Waals surface area contributed by atoms with Gasteiger partial charge in [-0.1, -0.05) is 60.7 Å². The molecule has 2 heterocycles. The summed E-state index contributed by atoms with van der Waals surface area (Å²) < 4.78 is 5.19. The third-order valence-corrected chi connectivity index (χ3v) is 7.40. The van der Waals surface area contributed by atoms with Gasteiger partial charge in [-0.15, -0.1) is 0 Å². The molecule has 1 N–H and O–H groups in total. The van der Waals surface area contributed by atoms with E-state index in [0.29, 0.717) is 11.4 Å². The molecule has 11 heteroatoms. The predicted octanol–water partition coefficient (Wildman–Crippen LogP) is 5.01. The fraction of sp³-hybridized carbons (Fsp3) is 0.273. The lowest BCUT2D eigenvalue weighted by Crippen LogP contribution is -2.69. The molecular weight excluding hydrogens is 564 g/mol. The second-order valence-corrected chi connectivity index (χ2v) is 11.5. The van der Waals surface area contributed by atoms with Gasteiger partial charge in [0.05, 0.1) is 11.4 Å². The molecule has 11 nitrogen and oxygen atoms in total. The summed E-state index contributed by atoms with van der Waals surface area (Å²) in [5.41, 5.74) is 0.260. The van der Waals surface area contributed by atoms with Crippen LogP contribution < -0.4 is 4.90 Å². The van der Waals surface area contributed by atoms with E-state index in [1.807, 2.05) is 60.7 Å². The highest BCUT2D eigenvalue weighted by Gasteiger charge is 2.62. The van der Waals surface area contributed by atoms with Crippen LogP contribution in [0.25, 0.3) is 0 Å². The molecule has 2 saturated heterocycles. The van der Waals surface area contributed by atoms with Gasteiger partial charge in [-0.3, -0.25) is 19.4 Å². The number of urea groups is 1. The number of likely N-dealkylation sites (tertiary alicyclic amines) is 1. The molecule has 3 aromatic rings. The first kappa shape index (κ1) is 30.1. The highest BCUT2D eigenvalue weighted by Crippen LogP contribution is 2.36. The highest BCUT2D eigenvalue weighted by atomic mass is 16.6. The molecule has 44 heavy (non-hydrogen) atoms. The molecular formula is C33H32N4O7. The number of carbonyl (C=O) groups excluding carboxylic acids is 4. The molecule has 1 atom stereocenters. The number of imide groups is 3. The van der Waals surface area contributed by atoms with Crippen LogP contribution in [0, 0.1) is 0 Å². The molecule has 5 rings (SSSR count). The molecule has 3 aromatic carbocycles. The zero-order valence-electron chi connectivity index (χ0n) is 24.6. The van der Waals surface area contributed by atoms with E-state index in [9.17, 15) is 29.1 Å². The maximum absolute atomic E-state index is 13.7. The Labute approximate surface area is 254 Å². The van der Waals surface area contributed by atoms with Crippen LogP contribution in [0.2, 0.25) is 0 Å². The number of carboxylic acids is 1. The smallest absolute Gasteiger partial charge is 0.424 e. The Morgan fingerprint density at radius 1 is 0.841 bits per heavy atom. The van der Waals surface area contributed by atoms with E-state index >= 15 is 0 Å². The van der Waals surface area contributed by atoms with Gasteiger partial charge in [-0.25, -0.2) is 19.4 Å². The van der Waals surface area contributed by atoms with Gasteiger partial charge in [0.2, 0.25) is 11.4 Å². The fourth-order valence-corrected chi connectivity index (χ4v) is 5.32. The molecule has 5 amide bonds. The van der Waals surface area contributed by atoms with Crippen molar-refractivity contribution >= 4 is 47.0 Å². The maximum atomic E-state index is 13.7. The number of rotatable bonds is 6. The van der Waals surface area contributed by atoms with Crippen LogP contribution in [0.3, 0.4) is 0 Å². The Kier molecular flexibility index (Phi) is 8.05. The van der Waals surface area contributed by atoms with Crippen LogP contribution in [0.4, 0.5) is 21.0 Å². The van der Waals surface area contributed by atoms with Gasteiger partial charge in [0, 0.05) is 36.3 Å². The zero-order valence-corrected chi connectivity index (χ0v) is 24.6. The largest absolute Gasteiger partial charge is 0.479 e. The Hall–Kier alpha value is -5.32. The maximum Gasteiger partial charge on any atom is 0.424 e. The number of hydrogen-bond acceptors (Lipinski definition) is 7. The van der Waals surface area contributed by atoms with E-state index in [1.165, 1.54) is 4.90 Å². The third kappa shape index (κ3) is 5.68. The summed E-state index contributed by atoms with van der Waals surface area (Å²) in [6.07, 6.45) is -2.17. The first-order chi connectivity index (χ1) is 20.9. The molecule has 1 unspecified atom stereocenters. The van der Waals surface area contributed by atoms with Crippen molar-refractivity contribution in [2.45, 2.75) is 44.8 Å². The quantitative estimate of drug-likeness (QED) is 0.240. The Bertz CT molecular complexity index is 1590. The van der Waals surface area contributed by atoms with Crippen LogP contribution in [-0.2, 0) is 19.1 Å². The minimum absolute atomic E-state index is 0.0867. The van der Waals surface area contributed by atoms with E-state index in [0.717, 1.165) is 21.7 Å². The summed E-state index contributed by atoms with van der Waals surface area (Å²) in [5, 5.41) is 10.3. The molecule has 0 spiro atoms. The van der Waals surface area contributed by atoms with Crippen molar-refractivity contribution in [2.75, 3.05) is 18.0 Å². The number of carbonyl (C=O) groups is 5. The van der Waals surface area contributed by atoms with E-state index < -0.39 is 53.9 Å². The number of aliphatic carboxylic acids is 1. The predicted molar refractivity (Wildman–Crippen MR) is 162 cm³/mol. The average Bonchev–Trinajstić information content (AvgIpc) is 3.37. The standard InChI is InChI=1S/C33H32N4O7/c1-32(2,3)44-31(43)37-26(38)18-19-33(28(37)39,29(40)41)36-21-20-35(30(36)42)25-16-14-24(15-17-25)34-27(22-10-6-4-7-11-22)23-12-8-5-9-13-23/h4-17H,18-21H2,1-3H3,(H,40,41). The van der Waals surface area contributed by atoms with Crippen molar-refractivity contribution in [3.8, 4) is 0 Å². The number of nitrogens with zero attached hydrogens (tertiary/aromatic N) is 4. The lowest BCUT2D eigenvalue weighted by Gasteiger charge is -2.41. The van der Waals surface area contributed by atoms with Crippen molar-refractivity contribution in [1.82, 2.24) is 9.80 Å². The van der Waals surface area contributed by atoms with Gasteiger partial charge in [-0.05, 0) is 51.5 Å². The van der Waals surface area contributed by atoms with Gasteiger partial charge < -0.3 is 9.84 Å². The topological polar surface area (TPSA) is 137 Å². The summed E-state index contributed by atoms with van der Waals surface area (Å²) in [5.74, 6) is -3.83. The molecule has 0 saturated carbocycles. The minimum atomic E-state index is -2.44. The molecule has 2 aliphatic rings. The highest BCUT2D eigenvalue weighted by molar-refractivity contribution is 6.22. The second-order valence-electron chi connectivity index (χ2n) is 11.5. The zero-order chi connectivity index (χ0) is 31.6. The molecule has 2 aliphatic heterocycles. The Balaban J connectivity index is 1.41. The molecule has 2 fully saturated rings. The van der Waals surface area contributed by atoms with Crippen LogP contribution in [0.15, 0.2) is 89.9 Å². The molecule has 0 aliphatic carbocycles. The van der Waals surface area contributed by atoms with E-state index in [2.05, 4.69) is 0 Å². The second kappa shape index (κ2) is 11.8. The average molecular weight is 597 g/mol. The third-order valence-electron chi connectivity index (χ3n) is 7.40. The fourth-order valence-electron chi connectivity index (χ4n) is 5.32. The van der Waals surface area contributed by atoms with Gasteiger partial charge in [0.15, 0.2) is 0 Å². The van der Waals surface area contributed by atoms with Crippen LogP contribution >= 0.6 is 0 Å². The number of ether oxygens (including phenoxy) is 1. The van der Waals surface area contributed by atoms with Crippen molar-refractivity contribution < 1.29 is 33.8 Å². The number of piperidine rings is 1. The summed E-state index contributed by atoms with van der Waals surface area (Å²) in [6, 6.07) is 25.6. The van der Waals surface area contributed by atoms with Crippen molar-refractivity contribution in [1.29, 1.82) is 0 Å². The first-order valence-corrected chi connectivity index (χ1v) is 14.1. The van der Waals surface area contributed by atoms with Crippen LogP contribution in [0.5, 0.6) is 0 Å². The monoisotopic (exact) mass is 596 g/mol. The SMILES string of the molecule is CC(C)(C)OC(=O)N1C(=O)CCC(C(=O)O)(N2CCN(c3ccc(N=C(c4ccccc4)c4ccccc4)cc3)C2=O)C1=O. The van der Waals surface area contributed by atoms with Gasteiger partial charge in [-0.2, -0.15) is 4.90 Å². The summed E-state index contributed by atoms with van der Waals surface area (Å²) >= 11 is 0. The van der Waals surface area contributed by atoms with Crippen molar-refractivity contribution in [2.24, 2.45) is 4.99 Å². The van der Waals surface area contributed by atoms with E-state index in [4.69, 9.17) is 9.73 Å². The van der Waals surface area contributed by atoms with E-state index in [-0.39, 0.29) is 18.0 Å². The van der Waals surface area contributed by atoms with Crippen molar-refractivity contribution in [3.63, 3.8) is 0 Å². The van der Waals surface area contributed by atoms with Gasteiger partial charge in [0.25, 0.3) is 5.91 Å². The molecule has 226 valence electrons. The molecule has 0 radical (unpaired) electrons. The first-order valence-electron chi connectivity index (χ1n) is 14.1. The van der Waals surface area contributed by atoms with E-state index in [1.54, 1.807) is 45.0 Å². The lowest BCUT2D eigenvalue weighted by atomic mass is 9.86. The summed E-state index contributed by atoms with van der Waals surface area (Å²) in [6.45, 7) is 4.63. The number of carboxylic acid groups (broad SMARTS) is 1.